The van der Waals surface area contributed by atoms with E-state index < -0.39 is 5.60 Å². The van der Waals surface area contributed by atoms with Crippen LogP contribution in [0.4, 0.5) is 4.79 Å². The van der Waals surface area contributed by atoms with Gasteiger partial charge in [0.25, 0.3) is 0 Å². The molecule has 1 saturated heterocycles. The van der Waals surface area contributed by atoms with Gasteiger partial charge in [-0.3, -0.25) is 0 Å². The predicted molar refractivity (Wildman–Crippen MR) is 91.3 cm³/mol. The van der Waals surface area contributed by atoms with Gasteiger partial charge in [-0.15, -0.1) is 11.3 Å². The number of hydrogen-bond donors (Lipinski definition) is 1. The number of ether oxygens (including phenoxy) is 1. The fourth-order valence-electron chi connectivity index (χ4n) is 2.71. The first kappa shape index (κ1) is 17.3. The molecule has 1 aliphatic rings. The second-order valence-corrected chi connectivity index (χ2v) is 8.06. The first-order valence-corrected chi connectivity index (χ1v) is 8.98. The van der Waals surface area contributed by atoms with Gasteiger partial charge in [0.1, 0.15) is 5.60 Å². The van der Waals surface area contributed by atoms with Gasteiger partial charge in [0.05, 0.1) is 0 Å². The lowest BCUT2D eigenvalue weighted by atomic mass is 9.98. The molecule has 5 heteroatoms. The van der Waals surface area contributed by atoms with Crippen LogP contribution >= 0.6 is 11.3 Å². The lowest BCUT2D eigenvalue weighted by Gasteiger charge is -2.34. The van der Waals surface area contributed by atoms with E-state index in [-0.39, 0.29) is 6.09 Å². The van der Waals surface area contributed by atoms with E-state index in [0.29, 0.717) is 12.0 Å². The van der Waals surface area contributed by atoms with Crippen LogP contribution in [-0.2, 0) is 4.74 Å². The molecule has 1 amide bonds. The number of nitrogens with one attached hydrogen (secondary N) is 1. The number of rotatable bonds is 4. The van der Waals surface area contributed by atoms with Crippen LogP contribution in [0.1, 0.15) is 51.5 Å². The molecule has 0 bridgehead atoms. The lowest BCUT2D eigenvalue weighted by Crippen LogP contribution is -2.45. The Balaban J connectivity index is 1.79. The molecular weight excluding hydrogens is 296 g/mol. The van der Waals surface area contributed by atoms with E-state index in [4.69, 9.17) is 4.74 Å². The van der Waals surface area contributed by atoms with Crippen LogP contribution in [0.3, 0.4) is 0 Å². The summed E-state index contributed by atoms with van der Waals surface area (Å²) in [5.74, 6) is 0.503. The number of nitrogens with zero attached hydrogens (tertiary/aromatic N) is 1. The Morgan fingerprint density at radius 3 is 2.95 bits per heavy atom. The van der Waals surface area contributed by atoms with Crippen molar-refractivity contribution in [2.45, 2.75) is 52.2 Å². The van der Waals surface area contributed by atoms with Crippen molar-refractivity contribution < 1.29 is 9.53 Å². The van der Waals surface area contributed by atoms with Crippen LogP contribution in [0.2, 0.25) is 0 Å². The fourth-order valence-corrected chi connectivity index (χ4v) is 3.46. The number of thiophene rings is 1. The Morgan fingerprint density at radius 2 is 2.32 bits per heavy atom. The summed E-state index contributed by atoms with van der Waals surface area (Å²) >= 11 is 1.78. The minimum absolute atomic E-state index is 0.177. The van der Waals surface area contributed by atoms with E-state index in [1.54, 1.807) is 11.3 Å². The van der Waals surface area contributed by atoms with Crippen LogP contribution in [-0.4, -0.2) is 36.2 Å². The quantitative estimate of drug-likeness (QED) is 0.908. The fraction of sp³-hybridized carbons (Fsp3) is 0.706. The molecule has 0 radical (unpaired) electrons. The summed E-state index contributed by atoms with van der Waals surface area (Å²) in [6.07, 6.45) is 2.05. The minimum Gasteiger partial charge on any atom is -0.444 e. The summed E-state index contributed by atoms with van der Waals surface area (Å²) in [6, 6.07) is 4.62. The molecule has 22 heavy (non-hydrogen) atoms. The second kappa shape index (κ2) is 7.47. The van der Waals surface area contributed by atoms with E-state index in [1.807, 2.05) is 25.7 Å². The van der Waals surface area contributed by atoms with Gasteiger partial charge in [-0.25, -0.2) is 4.79 Å². The smallest absolute Gasteiger partial charge is 0.410 e. The molecule has 1 aliphatic heterocycles. The number of hydrogen-bond acceptors (Lipinski definition) is 4. The highest BCUT2D eigenvalue weighted by Gasteiger charge is 2.27. The third-order valence-electron chi connectivity index (χ3n) is 3.85. The third kappa shape index (κ3) is 5.29. The summed E-state index contributed by atoms with van der Waals surface area (Å²) in [5, 5.41) is 5.70. The van der Waals surface area contributed by atoms with Crippen molar-refractivity contribution in [1.29, 1.82) is 0 Å². The first-order chi connectivity index (χ1) is 10.3. The van der Waals surface area contributed by atoms with Crippen LogP contribution in [0, 0.1) is 5.92 Å². The minimum atomic E-state index is -0.421. The maximum atomic E-state index is 12.2. The van der Waals surface area contributed by atoms with Gasteiger partial charge in [-0.1, -0.05) is 6.07 Å². The normalized spacial score (nSPS) is 20.7. The number of carbonyl (C=O) groups is 1. The molecule has 0 aromatic carbocycles. The largest absolute Gasteiger partial charge is 0.444 e. The Kier molecular flexibility index (Phi) is 5.87. The monoisotopic (exact) mass is 324 g/mol. The molecule has 0 spiro atoms. The van der Waals surface area contributed by atoms with Crippen molar-refractivity contribution in [2.24, 2.45) is 5.92 Å². The predicted octanol–water partition coefficient (Wildman–Crippen LogP) is 4.05. The van der Waals surface area contributed by atoms with Gasteiger partial charge in [0.2, 0.25) is 0 Å². The highest BCUT2D eigenvalue weighted by Crippen LogP contribution is 2.21. The van der Waals surface area contributed by atoms with E-state index in [2.05, 4.69) is 29.8 Å². The van der Waals surface area contributed by atoms with Crippen LogP contribution in [0.5, 0.6) is 0 Å². The summed E-state index contributed by atoms with van der Waals surface area (Å²) in [7, 11) is 0. The highest BCUT2D eigenvalue weighted by atomic mass is 32.1. The first-order valence-electron chi connectivity index (χ1n) is 8.10. The molecule has 1 N–H and O–H groups in total. The Bertz CT molecular complexity index is 468. The molecule has 124 valence electrons. The number of carbonyl (C=O) groups excluding carboxylic acids is 1. The maximum absolute atomic E-state index is 12.2. The topological polar surface area (TPSA) is 41.6 Å². The summed E-state index contributed by atoms with van der Waals surface area (Å²) in [4.78, 5) is 15.4. The standard InChI is InChI=1S/C17H28N2O2S/c1-13(15-8-6-10-22-15)18-11-14-7-5-9-19(12-14)16(20)21-17(2,3)4/h6,8,10,13-14,18H,5,7,9,11-12H2,1-4H3. The Labute approximate surface area is 137 Å². The van der Waals surface area contributed by atoms with Gasteiger partial charge in [0.15, 0.2) is 0 Å². The van der Waals surface area contributed by atoms with Crippen molar-refractivity contribution in [3.63, 3.8) is 0 Å². The van der Waals surface area contributed by atoms with Gasteiger partial charge in [0, 0.05) is 30.6 Å². The Morgan fingerprint density at radius 1 is 1.55 bits per heavy atom. The molecule has 1 aromatic heterocycles. The molecule has 1 aromatic rings. The molecule has 2 rings (SSSR count). The number of piperidine rings is 1. The molecule has 1 fully saturated rings. The van der Waals surface area contributed by atoms with E-state index in [1.165, 1.54) is 11.3 Å². The average molecular weight is 324 g/mol. The average Bonchev–Trinajstić information content (AvgIpc) is 2.97. The lowest BCUT2D eigenvalue weighted by molar-refractivity contribution is 0.0165. The molecular formula is C17H28N2O2S. The van der Waals surface area contributed by atoms with Crippen molar-refractivity contribution in [3.8, 4) is 0 Å². The zero-order valence-corrected chi connectivity index (χ0v) is 14.9. The maximum Gasteiger partial charge on any atom is 0.410 e. The SMILES string of the molecule is CC(NCC1CCCN(C(=O)OC(C)(C)C)C1)c1cccs1. The Hall–Kier alpha value is -1.07. The van der Waals surface area contributed by atoms with Gasteiger partial charge < -0.3 is 15.0 Å². The van der Waals surface area contributed by atoms with Gasteiger partial charge in [-0.2, -0.15) is 0 Å². The molecule has 2 unspecified atom stereocenters. The summed E-state index contributed by atoms with van der Waals surface area (Å²) in [5.41, 5.74) is -0.421. The summed E-state index contributed by atoms with van der Waals surface area (Å²) in [6.45, 7) is 10.5. The van der Waals surface area contributed by atoms with E-state index in [0.717, 1.165) is 26.1 Å². The van der Waals surface area contributed by atoms with Crippen LogP contribution < -0.4 is 5.32 Å². The highest BCUT2D eigenvalue weighted by molar-refractivity contribution is 7.10. The number of likely N-dealkylation sites (tertiary alicyclic amines) is 1. The van der Waals surface area contributed by atoms with Crippen molar-refractivity contribution >= 4 is 17.4 Å². The molecule has 2 atom stereocenters. The molecule has 0 aliphatic carbocycles. The molecule has 0 saturated carbocycles. The van der Waals surface area contributed by atoms with E-state index >= 15 is 0 Å². The van der Waals surface area contributed by atoms with Crippen LogP contribution in [0.25, 0.3) is 0 Å². The van der Waals surface area contributed by atoms with E-state index in [9.17, 15) is 4.79 Å². The zero-order chi connectivity index (χ0) is 16.2. The van der Waals surface area contributed by atoms with Crippen molar-refractivity contribution in [3.05, 3.63) is 22.4 Å². The molecule has 2 heterocycles. The summed E-state index contributed by atoms with van der Waals surface area (Å²) < 4.78 is 5.48. The van der Waals surface area contributed by atoms with Crippen LogP contribution in [0.15, 0.2) is 17.5 Å². The van der Waals surface area contributed by atoms with Crippen molar-refractivity contribution in [2.75, 3.05) is 19.6 Å². The number of amides is 1. The third-order valence-corrected chi connectivity index (χ3v) is 4.91. The van der Waals surface area contributed by atoms with Gasteiger partial charge in [-0.05, 0) is 57.9 Å². The zero-order valence-electron chi connectivity index (χ0n) is 14.1. The molecule has 4 nitrogen and oxygen atoms in total. The van der Waals surface area contributed by atoms with Gasteiger partial charge >= 0.3 is 6.09 Å². The van der Waals surface area contributed by atoms with Crippen molar-refractivity contribution in [1.82, 2.24) is 10.2 Å². The second-order valence-electron chi connectivity index (χ2n) is 7.08.